The molecule has 2 rings (SSSR count). The highest BCUT2D eigenvalue weighted by Gasteiger charge is 2.23. The Morgan fingerprint density at radius 2 is 2.14 bits per heavy atom. The summed E-state index contributed by atoms with van der Waals surface area (Å²) in [6, 6.07) is 5.20. The highest BCUT2D eigenvalue weighted by molar-refractivity contribution is 7.92. The predicted molar refractivity (Wildman–Crippen MR) is 81.4 cm³/mol. The van der Waals surface area contributed by atoms with Crippen LogP contribution in [0.2, 0.25) is 5.15 Å². The summed E-state index contributed by atoms with van der Waals surface area (Å²) in [5.74, 6) is 0.466. The monoisotopic (exact) mass is 329 g/mol. The van der Waals surface area contributed by atoms with Crippen molar-refractivity contribution in [1.82, 2.24) is 9.55 Å². The van der Waals surface area contributed by atoms with Gasteiger partial charge in [0.1, 0.15) is 10.9 Å². The number of hydrogen-bond donors (Lipinski definition) is 1. The molecule has 1 N–H and O–H groups in total. The van der Waals surface area contributed by atoms with Gasteiger partial charge in [-0.15, -0.1) is 0 Å². The van der Waals surface area contributed by atoms with E-state index in [1.54, 1.807) is 25.2 Å². The fourth-order valence-electron chi connectivity index (χ4n) is 1.76. The SMILES string of the molecule is CCOc1cc(C)ccc1NS(=O)(=O)c1ncn(C)c1Cl. The van der Waals surface area contributed by atoms with Crippen molar-refractivity contribution in [2.75, 3.05) is 11.3 Å². The smallest absolute Gasteiger partial charge is 0.282 e. The lowest BCUT2D eigenvalue weighted by Gasteiger charge is -2.12. The normalized spacial score (nSPS) is 11.4. The van der Waals surface area contributed by atoms with Crippen molar-refractivity contribution in [2.45, 2.75) is 18.9 Å². The Bertz CT molecular complexity index is 756. The number of nitrogens with one attached hydrogen (secondary N) is 1. The Hall–Kier alpha value is -1.73. The van der Waals surface area contributed by atoms with Gasteiger partial charge in [-0.05, 0) is 31.5 Å². The van der Waals surface area contributed by atoms with Crippen molar-refractivity contribution in [1.29, 1.82) is 0 Å². The van der Waals surface area contributed by atoms with Gasteiger partial charge in [0, 0.05) is 7.05 Å². The van der Waals surface area contributed by atoms with E-state index in [4.69, 9.17) is 16.3 Å². The molecule has 0 unspecified atom stereocenters. The van der Waals surface area contributed by atoms with Gasteiger partial charge in [-0.25, -0.2) is 4.98 Å². The molecule has 6 nitrogen and oxygen atoms in total. The minimum atomic E-state index is -3.87. The largest absolute Gasteiger partial charge is 0.492 e. The first-order valence-electron chi connectivity index (χ1n) is 6.28. The van der Waals surface area contributed by atoms with E-state index in [1.165, 1.54) is 10.9 Å². The number of aryl methyl sites for hydroxylation is 2. The molecule has 0 saturated heterocycles. The molecule has 1 aromatic carbocycles. The lowest BCUT2D eigenvalue weighted by molar-refractivity contribution is 0.342. The summed E-state index contributed by atoms with van der Waals surface area (Å²) in [7, 11) is -2.25. The molecule has 2 aromatic rings. The highest BCUT2D eigenvalue weighted by atomic mass is 35.5. The topological polar surface area (TPSA) is 73.2 Å². The molecule has 8 heteroatoms. The van der Waals surface area contributed by atoms with E-state index in [9.17, 15) is 8.42 Å². The fraction of sp³-hybridized carbons (Fsp3) is 0.308. The Morgan fingerprint density at radius 1 is 1.43 bits per heavy atom. The average molecular weight is 330 g/mol. The number of anilines is 1. The molecule has 0 radical (unpaired) electrons. The summed E-state index contributed by atoms with van der Waals surface area (Å²) in [4.78, 5) is 3.82. The van der Waals surface area contributed by atoms with E-state index in [0.717, 1.165) is 5.56 Å². The molecule has 114 valence electrons. The number of benzene rings is 1. The Balaban J connectivity index is 2.39. The summed E-state index contributed by atoms with van der Waals surface area (Å²) in [6.07, 6.45) is 1.34. The van der Waals surface area contributed by atoms with Crippen molar-refractivity contribution in [3.63, 3.8) is 0 Å². The van der Waals surface area contributed by atoms with Crippen LogP contribution in [0.25, 0.3) is 0 Å². The van der Waals surface area contributed by atoms with Gasteiger partial charge >= 0.3 is 0 Å². The summed E-state index contributed by atoms with van der Waals surface area (Å²) in [5.41, 5.74) is 1.32. The van der Waals surface area contributed by atoms with Gasteiger partial charge in [-0.3, -0.25) is 4.72 Å². The molecule has 0 saturated carbocycles. The van der Waals surface area contributed by atoms with Crippen molar-refractivity contribution < 1.29 is 13.2 Å². The molecule has 0 aliphatic rings. The second-order valence-electron chi connectivity index (χ2n) is 4.49. The molecule has 1 heterocycles. The molecule has 21 heavy (non-hydrogen) atoms. The van der Waals surface area contributed by atoms with Crippen LogP contribution in [0.5, 0.6) is 5.75 Å². The van der Waals surface area contributed by atoms with E-state index in [-0.39, 0.29) is 10.2 Å². The summed E-state index contributed by atoms with van der Waals surface area (Å²) in [6.45, 7) is 4.16. The van der Waals surface area contributed by atoms with Crippen LogP contribution in [-0.4, -0.2) is 24.6 Å². The summed E-state index contributed by atoms with van der Waals surface area (Å²) in [5, 5.41) is -0.165. The van der Waals surface area contributed by atoms with Crippen LogP contribution in [0.4, 0.5) is 5.69 Å². The maximum absolute atomic E-state index is 12.4. The van der Waals surface area contributed by atoms with Crippen LogP contribution >= 0.6 is 11.6 Å². The minimum absolute atomic E-state index is 0.0487. The van der Waals surface area contributed by atoms with Crippen molar-refractivity contribution in [3.05, 3.63) is 35.2 Å². The van der Waals surface area contributed by atoms with E-state index in [2.05, 4.69) is 9.71 Å². The zero-order chi connectivity index (χ0) is 15.6. The van der Waals surface area contributed by atoms with Crippen molar-refractivity contribution in [2.24, 2.45) is 7.05 Å². The number of ether oxygens (including phenoxy) is 1. The Morgan fingerprint density at radius 3 is 2.71 bits per heavy atom. The number of halogens is 1. The van der Waals surface area contributed by atoms with E-state index < -0.39 is 10.0 Å². The maximum Gasteiger partial charge on any atom is 0.282 e. The minimum Gasteiger partial charge on any atom is -0.492 e. The molecule has 0 aliphatic carbocycles. The van der Waals surface area contributed by atoms with Crippen LogP contribution in [0.15, 0.2) is 29.6 Å². The molecule has 0 amide bonds. The van der Waals surface area contributed by atoms with Crippen LogP contribution in [0.3, 0.4) is 0 Å². The first-order chi connectivity index (χ1) is 9.85. The van der Waals surface area contributed by atoms with Crippen LogP contribution in [-0.2, 0) is 17.1 Å². The molecule has 1 aromatic heterocycles. The van der Waals surface area contributed by atoms with Gasteiger partial charge in [-0.1, -0.05) is 17.7 Å². The second kappa shape index (κ2) is 5.95. The lowest BCUT2D eigenvalue weighted by Crippen LogP contribution is -2.15. The zero-order valence-corrected chi connectivity index (χ0v) is 13.5. The quantitative estimate of drug-likeness (QED) is 0.915. The summed E-state index contributed by atoms with van der Waals surface area (Å²) >= 11 is 5.94. The molecular weight excluding hydrogens is 314 g/mol. The van der Waals surface area contributed by atoms with Gasteiger partial charge in [0.25, 0.3) is 10.0 Å². The number of sulfonamides is 1. The number of nitrogens with zero attached hydrogens (tertiary/aromatic N) is 2. The number of rotatable bonds is 5. The number of aromatic nitrogens is 2. The number of imidazole rings is 1. The Labute approximate surface area is 128 Å². The Kier molecular flexibility index (Phi) is 4.43. The van der Waals surface area contributed by atoms with E-state index in [1.807, 2.05) is 13.8 Å². The lowest BCUT2D eigenvalue weighted by atomic mass is 10.2. The van der Waals surface area contributed by atoms with E-state index in [0.29, 0.717) is 18.0 Å². The van der Waals surface area contributed by atoms with Crippen molar-refractivity contribution >= 4 is 27.3 Å². The number of hydrogen-bond acceptors (Lipinski definition) is 4. The van der Waals surface area contributed by atoms with Gasteiger partial charge in [0.15, 0.2) is 0 Å². The molecule has 0 aliphatic heterocycles. The van der Waals surface area contributed by atoms with Crippen LogP contribution in [0.1, 0.15) is 12.5 Å². The summed E-state index contributed by atoms with van der Waals surface area (Å²) < 4.78 is 34.0. The molecule has 0 atom stereocenters. The van der Waals surface area contributed by atoms with Crippen LogP contribution in [0, 0.1) is 6.92 Å². The van der Waals surface area contributed by atoms with Crippen molar-refractivity contribution in [3.8, 4) is 5.75 Å². The van der Waals surface area contributed by atoms with Crippen LogP contribution < -0.4 is 9.46 Å². The molecule has 0 bridgehead atoms. The van der Waals surface area contributed by atoms with E-state index >= 15 is 0 Å². The molecule has 0 spiro atoms. The van der Waals surface area contributed by atoms with Gasteiger partial charge in [0.2, 0.25) is 5.03 Å². The molecule has 0 fully saturated rings. The third kappa shape index (κ3) is 3.30. The first-order valence-corrected chi connectivity index (χ1v) is 8.14. The third-order valence-electron chi connectivity index (χ3n) is 2.77. The standard InChI is InChI=1S/C13H16ClN3O3S/c1-4-20-11-7-9(2)5-6-10(11)16-21(18,19)13-12(14)17(3)8-15-13/h5-8,16H,4H2,1-3H3. The average Bonchev–Trinajstić information content (AvgIpc) is 2.74. The van der Waals surface area contributed by atoms with Gasteiger partial charge < -0.3 is 9.30 Å². The maximum atomic E-state index is 12.4. The first kappa shape index (κ1) is 15.7. The van der Waals surface area contributed by atoms with Gasteiger partial charge in [-0.2, -0.15) is 8.42 Å². The second-order valence-corrected chi connectivity index (χ2v) is 6.45. The third-order valence-corrected chi connectivity index (χ3v) is 4.62. The highest BCUT2D eigenvalue weighted by Crippen LogP contribution is 2.29. The molecular formula is C13H16ClN3O3S. The zero-order valence-electron chi connectivity index (χ0n) is 11.9. The van der Waals surface area contributed by atoms with Gasteiger partial charge in [0.05, 0.1) is 18.6 Å². The fourth-order valence-corrected chi connectivity index (χ4v) is 3.26. The predicted octanol–water partition coefficient (Wildman–Crippen LogP) is 2.58.